The molecule has 0 aliphatic carbocycles. The first-order chi connectivity index (χ1) is 18.3. The van der Waals surface area contributed by atoms with Gasteiger partial charge in [0.25, 0.3) is 0 Å². The van der Waals surface area contributed by atoms with E-state index in [9.17, 15) is 8.78 Å². The van der Waals surface area contributed by atoms with E-state index < -0.39 is 12.0 Å². The maximum Gasteiger partial charge on any atom is 0.586 e. The molecule has 9 nitrogen and oxygen atoms in total. The number of ether oxygens (including phenoxy) is 2. The van der Waals surface area contributed by atoms with Gasteiger partial charge in [-0.2, -0.15) is 0 Å². The van der Waals surface area contributed by atoms with Crippen molar-refractivity contribution >= 4 is 23.4 Å². The van der Waals surface area contributed by atoms with Gasteiger partial charge >= 0.3 is 6.29 Å². The molecule has 2 aliphatic heterocycles. The molecular formula is C27H23F2N7O2. The number of halogens is 2. The Kier molecular flexibility index (Phi) is 5.39. The molecule has 38 heavy (non-hydrogen) atoms. The third kappa shape index (κ3) is 3.93. The lowest BCUT2D eigenvalue weighted by Gasteiger charge is -2.36. The standard InChI is InChI=1S/C27H23F2N7O2/c1-15-5-7-19-17(9-11-35-26(19,30)16-6-8-21-22(12-16)38-27(28,29)37-21)24(15)36-25-18(4-3-10-32-25)20-13-23(31-2)34-14-33-20/h3-14,35H,30H2,1-2H3,(H,32,36)(H,31,33,34). The van der Waals surface area contributed by atoms with Crippen LogP contribution in [0.5, 0.6) is 11.5 Å². The second kappa shape index (κ2) is 8.67. The summed E-state index contributed by atoms with van der Waals surface area (Å²) in [4.78, 5) is 13.2. The molecule has 0 bridgehead atoms. The smallest absolute Gasteiger partial charge is 0.395 e. The number of hydrogen-bond donors (Lipinski definition) is 4. The van der Waals surface area contributed by atoms with Crippen LogP contribution in [0.1, 0.15) is 22.3 Å². The van der Waals surface area contributed by atoms with Gasteiger partial charge in [0, 0.05) is 41.6 Å². The summed E-state index contributed by atoms with van der Waals surface area (Å²) in [7, 11) is 1.79. The molecule has 1 atom stereocenters. The number of fused-ring (bicyclic) bond motifs is 2. The van der Waals surface area contributed by atoms with Crippen molar-refractivity contribution in [3.8, 4) is 22.8 Å². The summed E-state index contributed by atoms with van der Waals surface area (Å²) in [5.41, 5.74) is 11.0. The van der Waals surface area contributed by atoms with Crippen molar-refractivity contribution in [3.05, 3.63) is 89.5 Å². The van der Waals surface area contributed by atoms with Gasteiger partial charge in [-0.3, -0.25) is 0 Å². The molecule has 0 amide bonds. The number of pyridine rings is 1. The van der Waals surface area contributed by atoms with Gasteiger partial charge in [-0.15, -0.1) is 8.78 Å². The normalized spacial score (nSPS) is 18.4. The van der Waals surface area contributed by atoms with Crippen molar-refractivity contribution in [1.29, 1.82) is 0 Å². The predicted octanol–water partition coefficient (Wildman–Crippen LogP) is 4.69. The fraction of sp³-hybridized carbons (Fsp3) is 0.148. The Morgan fingerprint density at radius 2 is 1.84 bits per heavy atom. The van der Waals surface area contributed by atoms with Crippen LogP contribution in [0.3, 0.4) is 0 Å². The van der Waals surface area contributed by atoms with Gasteiger partial charge in [0.05, 0.1) is 11.4 Å². The lowest BCUT2D eigenvalue weighted by molar-refractivity contribution is -0.286. The fourth-order valence-electron chi connectivity index (χ4n) is 4.65. The van der Waals surface area contributed by atoms with E-state index in [4.69, 9.17) is 5.73 Å². The highest BCUT2D eigenvalue weighted by Gasteiger charge is 2.44. The van der Waals surface area contributed by atoms with E-state index in [0.29, 0.717) is 22.9 Å². The van der Waals surface area contributed by atoms with E-state index in [1.165, 1.54) is 18.5 Å². The molecule has 2 aromatic heterocycles. The highest BCUT2D eigenvalue weighted by molar-refractivity contribution is 5.83. The molecule has 2 aliphatic rings. The average Bonchev–Trinajstić information content (AvgIpc) is 3.23. The Morgan fingerprint density at radius 1 is 1.00 bits per heavy atom. The fourth-order valence-corrected chi connectivity index (χ4v) is 4.65. The van der Waals surface area contributed by atoms with E-state index in [-0.39, 0.29) is 11.5 Å². The van der Waals surface area contributed by atoms with Crippen molar-refractivity contribution in [1.82, 2.24) is 20.3 Å². The molecule has 0 saturated heterocycles. The first kappa shape index (κ1) is 23.6. The number of aryl methyl sites for hydroxylation is 1. The van der Waals surface area contributed by atoms with Crippen LogP contribution in [0.25, 0.3) is 17.3 Å². The van der Waals surface area contributed by atoms with Crippen molar-refractivity contribution in [2.75, 3.05) is 17.7 Å². The van der Waals surface area contributed by atoms with Gasteiger partial charge in [0.15, 0.2) is 11.5 Å². The first-order valence-electron chi connectivity index (χ1n) is 11.8. The molecule has 2 aromatic carbocycles. The molecule has 0 spiro atoms. The van der Waals surface area contributed by atoms with Gasteiger partial charge in [0.1, 0.15) is 23.6 Å². The summed E-state index contributed by atoms with van der Waals surface area (Å²) < 4.78 is 36.4. The quantitative estimate of drug-likeness (QED) is 0.300. The summed E-state index contributed by atoms with van der Waals surface area (Å²) in [6.45, 7) is 1.98. The summed E-state index contributed by atoms with van der Waals surface area (Å²) >= 11 is 0. The highest BCUT2D eigenvalue weighted by Crippen LogP contribution is 2.45. The number of rotatable bonds is 5. The second-order valence-corrected chi connectivity index (χ2v) is 8.90. The number of anilines is 3. The number of aromatic nitrogens is 3. The van der Waals surface area contributed by atoms with Gasteiger partial charge in [-0.05, 0) is 49.0 Å². The topological polar surface area (TPSA) is 119 Å². The Balaban J connectivity index is 1.42. The van der Waals surface area contributed by atoms with Gasteiger partial charge in [-0.25, -0.2) is 15.0 Å². The summed E-state index contributed by atoms with van der Waals surface area (Å²) in [5.74, 6) is 1.16. The molecular weight excluding hydrogens is 492 g/mol. The number of hydrogen-bond acceptors (Lipinski definition) is 9. The molecule has 4 heterocycles. The SMILES string of the molecule is CNc1cc(-c2cccnc2Nc2c(C)ccc3c2C=CNC3(N)c2ccc3c(c2)OC(F)(F)O3)ncn1. The minimum atomic E-state index is -3.72. The molecule has 4 aromatic rings. The van der Waals surface area contributed by atoms with E-state index >= 15 is 0 Å². The van der Waals surface area contributed by atoms with Crippen LogP contribution < -0.4 is 31.2 Å². The lowest BCUT2D eigenvalue weighted by Crippen LogP contribution is -2.50. The number of alkyl halides is 2. The Morgan fingerprint density at radius 3 is 2.68 bits per heavy atom. The first-order valence-corrected chi connectivity index (χ1v) is 11.8. The lowest BCUT2D eigenvalue weighted by atomic mass is 9.84. The van der Waals surface area contributed by atoms with Gasteiger partial charge in [-0.1, -0.05) is 18.2 Å². The Bertz CT molecular complexity index is 1590. The van der Waals surface area contributed by atoms with Crippen molar-refractivity contribution < 1.29 is 18.3 Å². The predicted molar refractivity (Wildman–Crippen MR) is 139 cm³/mol. The molecule has 0 radical (unpaired) electrons. The molecule has 0 fully saturated rings. The van der Waals surface area contributed by atoms with Gasteiger partial charge < -0.3 is 31.2 Å². The summed E-state index contributed by atoms with van der Waals surface area (Å²) in [5, 5.41) is 9.68. The molecule has 11 heteroatoms. The molecule has 192 valence electrons. The van der Waals surface area contributed by atoms with Crippen molar-refractivity contribution in [3.63, 3.8) is 0 Å². The summed E-state index contributed by atoms with van der Waals surface area (Å²) in [6.07, 6.45) is 3.11. The van der Waals surface area contributed by atoms with E-state index in [2.05, 4.69) is 40.4 Å². The average molecular weight is 516 g/mol. The Hall–Kier alpha value is -4.77. The Labute approximate surface area is 216 Å². The number of nitrogens with one attached hydrogen (secondary N) is 3. The number of nitrogens with two attached hydrogens (primary N) is 1. The van der Waals surface area contributed by atoms with Crippen LogP contribution in [0.15, 0.2) is 67.3 Å². The monoisotopic (exact) mass is 515 g/mol. The largest absolute Gasteiger partial charge is 0.586 e. The molecule has 6 rings (SSSR count). The van der Waals surface area contributed by atoms with Crippen LogP contribution in [0.4, 0.5) is 26.1 Å². The van der Waals surface area contributed by atoms with Gasteiger partial charge in [0.2, 0.25) is 0 Å². The van der Waals surface area contributed by atoms with Crippen LogP contribution >= 0.6 is 0 Å². The zero-order valence-corrected chi connectivity index (χ0v) is 20.4. The van der Waals surface area contributed by atoms with E-state index in [0.717, 1.165) is 27.9 Å². The molecule has 5 N–H and O–H groups in total. The zero-order valence-electron chi connectivity index (χ0n) is 20.4. The summed E-state index contributed by atoms with van der Waals surface area (Å²) in [6, 6.07) is 14.0. The van der Waals surface area contributed by atoms with Crippen LogP contribution in [0, 0.1) is 6.92 Å². The second-order valence-electron chi connectivity index (χ2n) is 8.90. The third-order valence-electron chi connectivity index (χ3n) is 6.55. The maximum absolute atomic E-state index is 13.6. The van der Waals surface area contributed by atoms with Crippen molar-refractivity contribution in [2.24, 2.45) is 5.73 Å². The molecule has 0 saturated carbocycles. The third-order valence-corrected chi connectivity index (χ3v) is 6.55. The maximum atomic E-state index is 13.6. The van der Waals surface area contributed by atoms with E-state index in [1.807, 2.05) is 43.3 Å². The van der Waals surface area contributed by atoms with E-state index in [1.54, 1.807) is 25.5 Å². The van der Waals surface area contributed by atoms with Crippen molar-refractivity contribution in [2.45, 2.75) is 18.9 Å². The van der Waals surface area contributed by atoms with Crippen LogP contribution in [0.2, 0.25) is 0 Å². The number of nitrogens with zero attached hydrogens (tertiary/aromatic N) is 3. The number of benzene rings is 2. The van der Waals surface area contributed by atoms with Crippen LogP contribution in [-0.2, 0) is 5.66 Å². The molecule has 1 unspecified atom stereocenters. The minimum absolute atomic E-state index is 0.0472. The minimum Gasteiger partial charge on any atom is -0.395 e. The zero-order chi connectivity index (χ0) is 26.5. The highest BCUT2D eigenvalue weighted by atomic mass is 19.3. The van der Waals surface area contributed by atoms with Crippen LogP contribution in [-0.4, -0.2) is 28.3 Å².